The molecule has 0 atom stereocenters. The van der Waals surface area contributed by atoms with E-state index >= 15 is 0 Å². The summed E-state index contributed by atoms with van der Waals surface area (Å²) in [6.07, 6.45) is -2.22. The second-order valence-corrected chi connectivity index (χ2v) is 2.10. The zero-order valence-corrected chi connectivity index (χ0v) is 5.74. The van der Waals surface area contributed by atoms with Gasteiger partial charge in [-0.1, -0.05) is 6.07 Å². The third kappa shape index (κ3) is 1.69. The minimum Gasteiger partial charge on any atom is -0.241 e. The van der Waals surface area contributed by atoms with Crippen molar-refractivity contribution in [2.75, 3.05) is 0 Å². The van der Waals surface area contributed by atoms with E-state index in [0.29, 0.717) is 0 Å². The van der Waals surface area contributed by atoms with E-state index in [0.717, 1.165) is 0 Å². The molecule has 0 saturated carbocycles. The van der Waals surface area contributed by atoms with Gasteiger partial charge in [0.05, 0.1) is 6.20 Å². The van der Waals surface area contributed by atoms with Gasteiger partial charge in [0.15, 0.2) is 0 Å². The topological polar surface area (TPSA) is 12.9 Å². The van der Waals surface area contributed by atoms with Crippen molar-refractivity contribution in [2.45, 2.75) is 13.1 Å². The fourth-order valence-electron chi connectivity index (χ4n) is 0.718. The van der Waals surface area contributed by atoms with Crippen LogP contribution >= 0.6 is 0 Å². The van der Waals surface area contributed by atoms with Gasteiger partial charge in [0.2, 0.25) is 0 Å². The molecule has 1 heterocycles. The van der Waals surface area contributed by atoms with E-state index in [1.807, 2.05) is 0 Å². The van der Waals surface area contributed by atoms with Crippen molar-refractivity contribution in [1.29, 1.82) is 0 Å². The van der Waals surface area contributed by atoms with Crippen molar-refractivity contribution in [3.8, 4) is 0 Å². The number of nitrogens with zero attached hydrogens (tertiary/aromatic N) is 1. The number of aryl methyl sites for hydroxylation is 1. The van der Waals surface area contributed by atoms with Crippen molar-refractivity contribution < 1.29 is 13.2 Å². The highest BCUT2D eigenvalue weighted by Gasteiger charge is 2.33. The highest BCUT2D eigenvalue weighted by molar-refractivity contribution is 5.19. The van der Waals surface area contributed by atoms with Gasteiger partial charge in [0, 0.05) is 0 Å². The van der Waals surface area contributed by atoms with Crippen LogP contribution in [0.25, 0.3) is 0 Å². The maximum atomic E-state index is 12.0. The molecule has 11 heavy (non-hydrogen) atoms. The van der Waals surface area contributed by atoms with Crippen molar-refractivity contribution in [1.82, 2.24) is 4.98 Å². The molecule has 0 N–H and O–H groups in total. The lowest BCUT2D eigenvalue weighted by molar-refractivity contribution is -0.141. The molecular weight excluding hydrogens is 155 g/mol. The second-order valence-electron chi connectivity index (χ2n) is 2.10. The van der Waals surface area contributed by atoms with Gasteiger partial charge in [-0.2, -0.15) is 13.2 Å². The number of aromatic nitrogens is 1. The van der Waals surface area contributed by atoms with Crippen molar-refractivity contribution >= 4 is 0 Å². The standard InChI is InChI=1S/C7H5F3N/c1-5-3-2-4-11-6(5)7(8,9)10/h2-3H,1H3. The van der Waals surface area contributed by atoms with E-state index in [4.69, 9.17) is 0 Å². The van der Waals surface area contributed by atoms with Crippen LogP contribution in [-0.2, 0) is 6.18 Å². The van der Waals surface area contributed by atoms with Crippen molar-refractivity contribution in [3.05, 3.63) is 29.6 Å². The Morgan fingerprint density at radius 1 is 1.45 bits per heavy atom. The summed E-state index contributed by atoms with van der Waals surface area (Å²) in [5, 5.41) is 0. The predicted octanol–water partition coefficient (Wildman–Crippen LogP) is 2.21. The Balaban J connectivity index is 3.14. The highest BCUT2D eigenvalue weighted by atomic mass is 19.4. The molecule has 0 aliphatic carbocycles. The van der Waals surface area contributed by atoms with Crippen molar-refractivity contribution in [2.24, 2.45) is 0 Å². The maximum absolute atomic E-state index is 12.0. The molecule has 0 bridgehead atoms. The Kier molecular flexibility index (Phi) is 1.85. The summed E-state index contributed by atoms with van der Waals surface area (Å²) in [6, 6.07) is 2.68. The molecule has 1 aromatic rings. The first kappa shape index (κ1) is 8.04. The monoisotopic (exact) mass is 160 g/mol. The molecule has 1 aromatic heterocycles. The van der Waals surface area contributed by atoms with Gasteiger partial charge < -0.3 is 0 Å². The third-order valence-electron chi connectivity index (χ3n) is 1.23. The van der Waals surface area contributed by atoms with Crippen LogP contribution in [0.4, 0.5) is 13.2 Å². The quantitative estimate of drug-likeness (QED) is 0.567. The van der Waals surface area contributed by atoms with E-state index in [-0.39, 0.29) is 5.56 Å². The predicted molar refractivity (Wildman–Crippen MR) is 32.8 cm³/mol. The van der Waals surface area contributed by atoms with E-state index in [1.54, 1.807) is 0 Å². The number of rotatable bonds is 0. The van der Waals surface area contributed by atoms with E-state index in [2.05, 4.69) is 11.2 Å². The molecule has 0 aliphatic heterocycles. The van der Waals surface area contributed by atoms with Gasteiger partial charge in [0.1, 0.15) is 5.69 Å². The van der Waals surface area contributed by atoms with E-state index in [1.165, 1.54) is 19.1 Å². The Bertz CT molecular complexity index is 254. The fraction of sp³-hybridized carbons (Fsp3) is 0.286. The zero-order chi connectivity index (χ0) is 8.48. The number of pyridine rings is 1. The molecular formula is C7H5F3N. The third-order valence-corrected chi connectivity index (χ3v) is 1.23. The Morgan fingerprint density at radius 3 is 2.45 bits per heavy atom. The van der Waals surface area contributed by atoms with Crippen LogP contribution in [0.1, 0.15) is 11.3 Å². The smallest absolute Gasteiger partial charge is 0.241 e. The fourth-order valence-corrected chi connectivity index (χ4v) is 0.718. The van der Waals surface area contributed by atoms with Crippen LogP contribution in [0.2, 0.25) is 0 Å². The number of hydrogen-bond donors (Lipinski definition) is 0. The average molecular weight is 160 g/mol. The number of alkyl halides is 3. The van der Waals surface area contributed by atoms with E-state index < -0.39 is 11.9 Å². The summed E-state index contributed by atoms with van der Waals surface area (Å²) in [5.74, 6) is 0. The van der Waals surface area contributed by atoms with Gasteiger partial charge >= 0.3 is 6.18 Å². The molecule has 0 spiro atoms. The van der Waals surface area contributed by atoms with Crippen molar-refractivity contribution in [3.63, 3.8) is 0 Å². The summed E-state index contributed by atoms with van der Waals surface area (Å²) in [4.78, 5) is 3.10. The molecule has 0 aliphatic rings. The molecule has 1 nitrogen and oxygen atoms in total. The number of halogens is 3. The first-order valence-corrected chi connectivity index (χ1v) is 2.92. The first-order valence-electron chi connectivity index (χ1n) is 2.92. The second kappa shape index (κ2) is 2.53. The normalized spacial score (nSPS) is 11.6. The summed E-state index contributed by atoms with van der Waals surface area (Å²) < 4.78 is 35.9. The van der Waals surface area contributed by atoms with Gasteiger partial charge in [-0.15, -0.1) is 0 Å². The number of hydrogen-bond acceptors (Lipinski definition) is 1. The SMILES string of the molecule is Cc1cc[c]nc1C(F)(F)F. The van der Waals surface area contributed by atoms with Gasteiger partial charge in [-0.25, -0.2) is 4.98 Å². The minimum absolute atomic E-state index is 0.122. The lowest BCUT2D eigenvalue weighted by atomic mass is 10.2. The van der Waals surface area contributed by atoms with Crippen LogP contribution in [0.5, 0.6) is 0 Å². The summed E-state index contributed by atoms with van der Waals surface area (Å²) in [5.41, 5.74) is -0.740. The minimum atomic E-state index is -4.36. The highest BCUT2D eigenvalue weighted by Crippen LogP contribution is 2.29. The lowest BCUT2D eigenvalue weighted by Gasteiger charge is -2.06. The summed E-state index contributed by atoms with van der Waals surface area (Å²) in [6.45, 7) is 1.36. The van der Waals surface area contributed by atoms with Crippen LogP contribution < -0.4 is 0 Å². The Hall–Kier alpha value is -1.06. The van der Waals surface area contributed by atoms with Gasteiger partial charge in [-0.3, -0.25) is 0 Å². The molecule has 0 amide bonds. The summed E-state index contributed by atoms with van der Waals surface area (Å²) in [7, 11) is 0. The molecule has 4 heteroatoms. The molecule has 0 aromatic carbocycles. The maximum Gasteiger partial charge on any atom is 0.433 e. The Morgan fingerprint density at radius 2 is 2.09 bits per heavy atom. The molecule has 1 rings (SSSR count). The van der Waals surface area contributed by atoms with Crippen LogP contribution in [0.3, 0.4) is 0 Å². The lowest BCUT2D eigenvalue weighted by Crippen LogP contribution is -2.09. The molecule has 0 saturated heterocycles. The van der Waals surface area contributed by atoms with Crippen LogP contribution in [0, 0.1) is 13.1 Å². The molecule has 1 radical (unpaired) electrons. The molecule has 0 unspecified atom stereocenters. The van der Waals surface area contributed by atoms with Gasteiger partial charge in [-0.05, 0) is 18.6 Å². The van der Waals surface area contributed by atoms with Crippen LogP contribution in [-0.4, -0.2) is 4.98 Å². The molecule has 59 valence electrons. The molecule has 0 fully saturated rings. The Labute approximate surface area is 61.9 Å². The zero-order valence-electron chi connectivity index (χ0n) is 5.74. The largest absolute Gasteiger partial charge is 0.433 e. The van der Waals surface area contributed by atoms with Gasteiger partial charge in [0.25, 0.3) is 0 Å². The van der Waals surface area contributed by atoms with E-state index in [9.17, 15) is 13.2 Å². The van der Waals surface area contributed by atoms with Crippen LogP contribution in [0.15, 0.2) is 12.1 Å². The average Bonchev–Trinajstić information content (AvgIpc) is 1.86. The summed E-state index contributed by atoms with van der Waals surface area (Å²) >= 11 is 0. The first-order chi connectivity index (χ1) is 5.02.